The van der Waals surface area contributed by atoms with Gasteiger partial charge in [0.05, 0.1) is 18.0 Å². The van der Waals surface area contributed by atoms with E-state index < -0.39 is 29.1 Å². The molecule has 1 aromatic carbocycles. The van der Waals surface area contributed by atoms with Crippen molar-refractivity contribution in [2.24, 2.45) is 0 Å². The highest BCUT2D eigenvalue weighted by atomic mass is 19.4. The fraction of sp³-hybridized carbons (Fsp3) is 0.381. The van der Waals surface area contributed by atoms with Crippen molar-refractivity contribution < 1.29 is 26.9 Å². The summed E-state index contributed by atoms with van der Waals surface area (Å²) in [5.74, 6) is -0.263. The van der Waals surface area contributed by atoms with Crippen LogP contribution < -0.4 is 5.32 Å². The Morgan fingerprint density at radius 3 is 2.67 bits per heavy atom. The molecule has 12 heteroatoms. The predicted octanol–water partition coefficient (Wildman–Crippen LogP) is 4.68. The number of anilines is 1. The van der Waals surface area contributed by atoms with Crippen LogP contribution in [0.15, 0.2) is 35.1 Å². The standard InChI is InChI=1S/C21H18F4N6O2/c1-11-28-18(33-30-11)20-6-2-3-14(8-20)31(20)19(32)29-13-4-5-16(21(23,24)25)15(7-13)17-26-9-12(22)10-27-17/h4-5,7,9-10,14H,2-3,6,8H2,1H3,(H,29,32)/t14-,20+/m0/s1. The SMILES string of the molecule is Cc1noc([C@@]23CCC[C@@H](C2)N3C(=O)Nc2ccc(C(F)(F)F)c(-c3ncc(F)cn3)c2)n1. The summed E-state index contributed by atoms with van der Waals surface area (Å²) >= 11 is 0. The molecule has 8 nitrogen and oxygen atoms in total. The Morgan fingerprint density at radius 2 is 2.03 bits per heavy atom. The number of fused-ring (bicyclic) bond motifs is 2. The van der Waals surface area contributed by atoms with Crippen LogP contribution in [0.2, 0.25) is 0 Å². The molecule has 33 heavy (non-hydrogen) atoms. The van der Waals surface area contributed by atoms with E-state index in [1.807, 2.05) is 0 Å². The van der Waals surface area contributed by atoms with Crippen LogP contribution >= 0.6 is 0 Å². The number of nitrogens with one attached hydrogen (secondary N) is 1. The van der Waals surface area contributed by atoms with Gasteiger partial charge in [-0.1, -0.05) is 5.16 Å². The number of aryl methyl sites for hydroxylation is 1. The summed E-state index contributed by atoms with van der Waals surface area (Å²) in [6.07, 6.45) is -0.0869. The maximum Gasteiger partial charge on any atom is 0.417 e. The van der Waals surface area contributed by atoms with Gasteiger partial charge in [-0.05, 0) is 44.4 Å². The molecule has 2 amide bonds. The fourth-order valence-corrected chi connectivity index (χ4v) is 4.73. The minimum Gasteiger partial charge on any atom is -0.337 e. The number of benzene rings is 1. The molecule has 3 heterocycles. The van der Waals surface area contributed by atoms with Gasteiger partial charge in [0.2, 0.25) is 0 Å². The molecule has 5 rings (SSSR count). The lowest BCUT2D eigenvalue weighted by Gasteiger charge is -2.59. The smallest absolute Gasteiger partial charge is 0.337 e. The molecule has 1 N–H and O–H groups in total. The molecule has 2 fully saturated rings. The molecule has 3 aromatic rings. The third-order valence-corrected chi connectivity index (χ3v) is 6.11. The number of hydrogen-bond donors (Lipinski definition) is 1. The third-order valence-electron chi connectivity index (χ3n) is 6.11. The quantitative estimate of drug-likeness (QED) is 0.568. The van der Waals surface area contributed by atoms with Gasteiger partial charge >= 0.3 is 12.2 Å². The largest absolute Gasteiger partial charge is 0.417 e. The van der Waals surface area contributed by atoms with Crippen molar-refractivity contribution in [1.82, 2.24) is 25.0 Å². The molecule has 2 bridgehead atoms. The van der Waals surface area contributed by atoms with E-state index in [1.165, 1.54) is 0 Å². The van der Waals surface area contributed by atoms with Crippen molar-refractivity contribution in [3.63, 3.8) is 0 Å². The number of carbonyl (C=O) groups excluding carboxylic acids is 1. The van der Waals surface area contributed by atoms with Gasteiger partial charge in [-0.15, -0.1) is 0 Å². The van der Waals surface area contributed by atoms with Crippen LogP contribution in [0.4, 0.5) is 28.0 Å². The number of hydrogen-bond acceptors (Lipinski definition) is 6. The molecule has 2 atom stereocenters. The van der Waals surface area contributed by atoms with Crippen LogP contribution in [0.1, 0.15) is 43.0 Å². The number of rotatable bonds is 3. The lowest BCUT2D eigenvalue weighted by molar-refractivity contribution is -0.137. The van der Waals surface area contributed by atoms with E-state index in [0.29, 0.717) is 24.6 Å². The molecule has 1 aliphatic heterocycles. The van der Waals surface area contributed by atoms with Gasteiger partial charge in [0, 0.05) is 23.7 Å². The number of alkyl halides is 3. The molecular formula is C21H18F4N6O2. The van der Waals surface area contributed by atoms with Crippen molar-refractivity contribution in [2.75, 3.05) is 5.32 Å². The van der Waals surface area contributed by atoms with Crippen molar-refractivity contribution in [3.8, 4) is 11.4 Å². The minimum absolute atomic E-state index is 0.0275. The summed E-state index contributed by atoms with van der Waals surface area (Å²) in [6.45, 7) is 1.69. The van der Waals surface area contributed by atoms with Gasteiger partial charge in [0.25, 0.3) is 5.89 Å². The second kappa shape index (κ2) is 7.49. The lowest BCUT2D eigenvalue weighted by Crippen LogP contribution is -2.69. The van der Waals surface area contributed by atoms with Crippen LogP contribution in [-0.2, 0) is 11.7 Å². The summed E-state index contributed by atoms with van der Waals surface area (Å²) in [5.41, 5.74) is -1.96. The molecule has 0 radical (unpaired) electrons. The van der Waals surface area contributed by atoms with Gasteiger partial charge in [-0.3, -0.25) is 0 Å². The van der Waals surface area contributed by atoms with E-state index in [9.17, 15) is 22.4 Å². The van der Waals surface area contributed by atoms with Crippen LogP contribution in [0.3, 0.4) is 0 Å². The first-order valence-corrected chi connectivity index (χ1v) is 10.3. The van der Waals surface area contributed by atoms with Crippen molar-refractivity contribution in [1.29, 1.82) is 0 Å². The Labute approximate surface area is 185 Å². The highest BCUT2D eigenvalue weighted by Crippen LogP contribution is 2.53. The summed E-state index contributed by atoms with van der Waals surface area (Å²) in [6, 6.07) is 2.62. The average molecular weight is 462 g/mol. The maximum atomic E-state index is 13.5. The number of nitrogens with zero attached hydrogens (tertiary/aromatic N) is 5. The molecule has 2 aromatic heterocycles. The van der Waals surface area contributed by atoms with Crippen LogP contribution in [0.25, 0.3) is 11.4 Å². The molecule has 2 aliphatic rings. The zero-order valence-corrected chi connectivity index (χ0v) is 17.4. The Kier molecular flexibility index (Phi) is 4.83. The fourth-order valence-electron chi connectivity index (χ4n) is 4.73. The van der Waals surface area contributed by atoms with E-state index >= 15 is 0 Å². The van der Waals surface area contributed by atoms with Crippen molar-refractivity contribution >= 4 is 11.7 Å². The number of likely N-dealkylation sites (tertiary alicyclic amines) is 1. The zero-order chi connectivity index (χ0) is 23.4. The summed E-state index contributed by atoms with van der Waals surface area (Å²) in [5, 5.41) is 6.51. The zero-order valence-electron chi connectivity index (χ0n) is 17.4. The van der Waals surface area contributed by atoms with E-state index in [2.05, 4.69) is 25.4 Å². The normalized spacial score (nSPS) is 22.1. The monoisotopic (exact) mass is 462 g/mol. The third kappa shape index (κ3) is 3.58. The second-order valence-electron chi connectivity index (χ2n) is 8.21. The number of aromatic nitrogens is 4. The molecular weight excluding hydrogens is 444 g/mol. The highest BCUT2D eigenvalue weighted by Gasteiger charge is 2.60. The van der Waals surface area contributed by atoms with E-state index in [4.69, 9.17) is 4.52 Å². The number of carbonyl (C=O) groups is 1. The van der Waals surface area contributed by atoms with E-state index in [-0.39, 0.29) is 23.1 Å². The first-order chi connectivity index (χ1) is 15.7. The Balaban J connectivity index is 1.46. The summed E-state index contributed by atoms with van der Waals surface area (Å²) in [7, 11) is 0. The average Bonchev–Trinajstić information content (AvgIpc) is 3.20. The number of amides is 2. The van der Waals surface area contributed by atoms with E-state index in [1.54, 1.807) is 11.8 Å². The van der Waals surface area contributed by atoms with Crippen molar-refractivity contribution in [3.05, 3.63) is 53.7 Å². The first-order valence-electron chi connectivity index (χ1n) is 10.3. The Bertz CT molecular complexity index is 1210. The first kappa shape index (κ1) is 21.3. The lowest BCUT2D eigenvalue weighted by atomic mass is 9.68. The Morgan fingerprint density at radius 1 is 1.27 bits per heavy atom. The van der Waals surface area contributed by atoms with Gasteiger partial charge in [-0.25, -0.2) is 19.2 Å². The van der Waals surface area contributed by atoms with Gasteiger partial charge in [-0.2, -0.15) is 18.2 Å². The highest BCUT2D eigenvalue weighted by molar-refractivity contribution is 5.92. The van der Waals surface area contributed by atoms with Crippen molar-refractivity contribution in [2.45, 2.75) is 50.4 Å². The van der Waals surface area contributed by atoms with Crippen LogP contribution in [0, 0.1) is 12.7 Å². The van der Waals surface area contributed by atoms with Gasteiger partial charge in [0.1, 0.15) is 5.54 Å². The maximum absolute atomic E-state index is 13.5. The predicted molar refractivity (Wildman–Crippen MR) is 106 cm³/mol. The number of halogens is 4. The summed E-state index contributed by atoms with van der Waals surface area (Å²) < 4.78 is 59.2. The van der Waals surface area contributed by atoms with Gasteiger partial charge in [0.15, 0.2) is 17.5 Å². The topological polar surface area (TPSA) is 97.0 Å². The number of urea groups is 1. The molecule has 1 saturated carbocycles. The summed E-state index contributed by atoms with van der Waals surface area (Å²) in [4.78, 5) is 26.5. The van der Waals surface area contributed by atoms with Gasteiger partial charge < -0.3 is 14.7 Å². The second-order valence-corrected chi connectivity index (χ2v) is 8.21. The number of piperidine rings is 1. The molecule has 1 saturated heterocycles. The molecule has 1 aliphatic carbocycles. The minimum atomic E-state index is -4.69. The van der Waals surface area contributed by atoms with Crippen LogP contribution in [-0.4, -0.2) is 37.1 Å². The molecule has 172 valence electrons. The molecule has 0 spiro atoms. The Hall–Kier alpha value is -3.57. The molecule has 0 unspecified atom stereocenters. The van der Waals surface area contributed by atoms with Crippen LogP contribution in [0.5, 0.6) is 0 Å². The van der Waals surface area contributed by atoms with E-state index in [0.717, 1.165) is 43.4 Å².